The summed E-state index contributed by atoms with van der Waals surface area (Å²) in [5.74, 6) is 0. The number of rotatable bonds is 6. The summed E-state index contributed by atoms with van der Waals surface area (Å²) < 4.78 is 0. The molecule has 1 aliphatic heterocycles. The SMILES string of the molecule is CCC1CN(CC(O)c2ccccc2Cl)CCN1CC(C)O. The lowest BCUT2D eigenvalue weighted by molar-refractivity contribution is 0.0171. The van der Waals surface area contributed by atoms with E-state index in [0.717, 1.165) is 38.2 Å². The second kappa shape index (κ2) is 8.27. The van der Waals surface area contributed by atoms with Crippen LogP contribution in [0.25, 0.3) is 0 Å². The Kier molecular flexibility index (Phi) is 6.66. The normalized spacial score (nSPS) is 23.4. The molecule has 1 aromatic carbocycles. The molecule has 4 nitrogen and oxygen atoms in total. The van der Waals surface area contributed by atoms with Crippen molar-refractivity contribution in [1.29, 1.82) is 0 Å². The van der Waals surface area contributed by atoms with E-state index in [1.54, 1.807) is 0 Å². The van der Waals surface area contributed by atoms with Gasteiger partial charge in [0, 0.05) is 49.4 Å². The molecule has 2 N–H and O–H groups in total. The van der Waals surface area contributed by atoms with Crippen molar-refractivity contribution in [3.63, 3.8) is 0 Å². The molecule has 0 spiro atoms. The quantitative estimate of drug-likeness (QED) is 0.841. The molecule has 1 heterocycles. The van der Waals surface area contributed by atoms with Gasteiger partial charge in [-0.1, -0.05) is 36.7 Å². The summed E-state index contributed by atoms with van der Waals surface area (Å²) in [5, 5.41) is 20.7. The fourth-order valence-electron chi connectivity index (χ4n) is 3.18. The largest absolute Gasteiger partial charge is 0.392 e. The zero-order valence-electron chi connectivity index (χ0n) is 13.5. The maximum absolute atomic E-state index is 10.4. The predicted molar refractivity (Wildman–Crippen MR) is 90.2 cm³/mol. The Bertz CT molecular complexity index is 470. The molecule has 1 saturated heterocycles. The lowest BCUT2D eigenvalue weighted by atomic mass is 10.1. The third-order valence-electron chi connectivity index (χ3n) is 4.35. The van der Waals surface area contributed by atoms with Crippen LogP contribution in [0.1, 0.15) is 31.9 Å². The number of halogens is 1. The molecular weight excluding hydrogens is 300 g/mol. The first-order valence-electron chi connectivity index (χ1n) is 8.08. The number of nitrogens with zero attached hydrogens (tertiary/aromatic N) is 2. The maximum atomic E-state index is 10.4. The number of aliphatic hydroxyl groups excluding tert-OH is 2. The van der Waals surface area contributed by atoms with Crippen molar-refractivity contribution in [3.8, 4) is 0 Å². The number of aliphatic hydroxyl groups is 2. The van der Waals surface area contributed by atoms with Gasteiger partial charge in [0.25, 0.3) is 0 Å². The summed E-state index contributed by atoms with van der Waals surface area (Å²) in [7, 11) is 0. The van der Waals surface area contributed by atoms with Crippen LogP contribution in [0.2, 0.25) is 5.02 Å². The van der Waals surface area contributed by atoms with E-state index in [1.807, 2.05) is 31.2 Å². The van der Waals surface area contributed by atoms with E-state index in [-0.39, 0.29) is 6.10 Å². The first-order chi connectivity index (χ1) is 10.5. The van der Waals surface area contributed by atoms with Crippen LogP contribution in [-0.4, -0.2) is 64.9 Å². The van der Waals surface area contributed by atoms with Gasteiger partial charge in [-0.15, -0.1) is 0 Å². The van der Waals surface area contributed by atoms with Crippen LogP contribution in [-0.2, 0) is 0 Å². The molecular formula is C17H27ClN2O2. The van der Waals surface area contributed by atoms with Gasteiger partial charge in [-0.05, 0) is 19.4 Å². The molecule has 0 radical (unpaired) electrons. The Balaban J connectivity index is 1.93. The highest BCUT2D eigenvalue weighted by atomic mass is 35.5. The average molecular weight is 327 g/mol. The molecule has 0 amide bonds. The van der Waals surface area contributed by atoms with Crippen molar-refractivity contribution in [3.05, 3.63) is 34.9 Å². The Morgan fingerprint density at radius 2 is 1.95 bits per heavy atom. The van der Waals surface area contributed by atoms with Crippen molar-refractivity contribution in [2.75, 3.05) is 32.7 Å². The van der Waals surface area contributed by atoms with E-state index in [2.05, 4.69) is 16.7 Å². The van der Waals surface area contributed by atoms with Crippen LogP contribution < -0.4 is 0 Å². The highest BCUT2D eigenvalue weighted by Crippen LogP contribution is 2.24. The molecule has 0 aliphatic carbocycles. The minimum Gasteiger partial charge on any atom is -0.392 e. The van der Waals surface area contributed by atoms with E-state index >= 15 is 0 Å². The van der Waals surface area contributed by atoms with Crippen LogP contribution in [0, 0.1) is 0 Å². The summed E-state index contributed by atoms with van der Waals surface area (Å²) in [6, 6.07) is 7.91. The van der Waals surface area contributed by atoms with Crippen LogP contribution in [0.15, 0.2) is 24.3 Å². The van der Waals surface area contributed by atoms with Crippen molar-refractivity contribution < 1.29 is 10.2 Å². The maximum Gasteiger partial charge on any atom is 0.0931 e. The van der Waals surface area contributed by atoms with Crippen molar-refractivity contribution in [1.82, 2.24) is 9.80 Å². The minimum absolute atomic E-state index is 0.297. The van der Waals surface area contributed by atoms with Crippen molar-refractivity contribution in [2.45, 2.75) is 38.5 Å². The van der Waals surface area contributed by atoms with Gasteiger partial charge in [-0.2, -0.15) is 0 Å². The molecule has 5 heteroatoms. The number of piperazine rings is 1. The molecule has 2 rings (SSSR count). The Morgan fingerprint density at radius 3 is 2.59 bits per heavy atom. The van der Waals surface area contributed by atoms with Crippen LogP contribution >= 0.6 is 11.6 Å². The molecule has 1 aromatic rings. The Hall–Kier alpha value is -0.650. The fourth-order valence-corrected chi connectivity index (χ4v) is 3.44. The van der Waals surface area contributed by atoms with E-state index < -0.39 is 6.10 Å². The summed E-state index contributed by atoms with van der Waals surface area (Å²) in [5.41, 5.74) is 0.795. The molecule has 0 saturated carbocycles. The van der Waals surface area contributed by atoms with E-state index in [9.17, 15) is 10.2 Å². The highest BCUT2D eigenvalue weighted by molar-refractivity contribution is 6.31. The zero-order valence-corrected chi connectivity index (χ0v) is 14.2. The number of benzene rings is 1. The van der Waals surface area contributed by atoms with Gasteiger partial charge in [-0.3, -0.25) is 9.80 Å². The van der Waals surface area contributed by atoms with Gasteiger partial charge in [0.2, 0.25) is 0 Å². The summed E-state index contributed by atoms with van der Waals surface area (Å²) >= 11 is 6.16. The van der Waals surface area contributed by atoms with Crippen molar-refractivity contribution >= 4 is 11.6 Å². The molecule has 0 bridgehead atoms. The van der Waals surface area contributed by atoms with Gasteiger partial charge < -0.3 is 10.2 Å². The molecule has 1 aliphatic rings. The lowest BCUT2D eigenvalue weighted by Gasteiger charge is -2.42. The molecule has 1 fully saturated rings. The predicted octanol–water partition coefficient (Wildman–Crippen LogP) is 2.15. The second-order valence-corrected chi connectivity index (χ2v) is 6.61. The first-order valence-corrected chi connectivity index (χ1v) is 8.46. The van der Waals surface area contributed by atoms with Crippen LogP contribution in [0.5, 0.6) is 0 Å². The van der Waals surface area contributed by atoms with Gasteiger partial charge in [-0.25, -0.2) is 0 Å². The van der Waals surface area contributed by atoms with Gasteiger partial charge >= 0.3 is 0 Å². The Morgan fingerprint density at radius 1 is 1.23 bits per heavy atom. The summed E-state index contributed by atoms with van der Waals surface area (Å²) in [4.78, 5) is 4.64. The lowest BCUT2D eigenvalue weighted by Crippen LogP contribution is -2.55. The zero-order chi connectivity index (χ0) is 16.1. The minimum atomic E-state index is -0.561. The average Bonchev–Trinajstić information content (AvgIpc) is 2.48. The van der Waals surface area contributed by atoms with E-state index in [0.29, 0.717) is 17.6 Å². The standard InChI is InChI=1S/C17H27ClN2O2/c1-3-14-11-19(8-9-20(14)10-13(2)21)12-17(22)15-6-4-5-7-16(15)18/h4-7,13-14,17,21-22H,3,8-12H2,1-2H3. The molecule has 0 aromatic heterocycles. The monoisotopic (exact) mass is 326 g/mol. The first kappa shape index (κ1) is 17.7. The highest BCUT2D eigenvalue weighted by Gasteiger charge is 2.27. The van der Waals surface area contributed by atoms with Gasteiger partial charge in [0.1, 0.15) is 0 Å². The second-order valence-electron chi connectivity index (χ2n) is 6.20. The summed E-state index contributed by atoms with van der Waals surface area (Å²) in [6.45, 7) is 8.09. The number of hydrogen-bond donors (Lipinski definition) is 2. The van der Waals surface area contributed by atoms with Crippen molar-refractivity contribution in [2.24, 2.45) is 0 Å². The number of hydrogen-bond acceptors (Lipinski definition) is 4. The topological polar surface area (TPSA) is 46.9 Å². The van der Waals surface area contributed by atoms with Crippen LogP contribution in [0.3, 0.4) is 0 Å². The van der Waals surface area contributed by atoms with Gasteiger partial charge in [0.05, 0.1) is 12.2 Å². The Labute approximate surface area is 138 Å². The van der Waals surface area contributed by atoms with E-state index in [4.69, 9.17) is 11.6 Å². The third kappa shape index (κ3) is 4.67. The van der Waals surface area contributed by atoms with Crippen LogP contribution in [0.4, 0.5) is 0 Å². The summed E-state index contributed by atoms with van der Waals surface area (Å²) in [6.07, 6.45) is 0.189. The molecule has 22 heavy (non-hydrogen) atoms. The molecule has 3 atom stereocenters. The van der Waals surface area contributed by atoms with E-state index in [1.165, 1.54) is 0 Å². The third-order valence-corrected chi connectivity index (χ3v) is 4.70. The number of β-amino-alcohol motifs (C(OH)–C–C–N with tert-alkyl or cyclic N) is 2. The smallest absolute Gasteiger partial charge is 0.0931 e. The molecule has 124 valence electrons. The van der Waals surface area contributed by atoms with Gasteiger partial charge in [0.15, 0.2) is 0 Å². The fraction of sp³-hybridized carbons (Fsp3) is 0.647. The molecule has 3 unspecified atom stereocenters.